The van der Waals surface area contributed by atoms with Crippen LogP contribution in [0.1, 0.15) is 41.9 Å². The van der Waals surface area contributed by atoms with Crippen LogP contribution in [0.5, 0.6) is 0 Å². The molecule has 0 bridgehead atoms. The molecule has 1 aliphatic rings. The summed E-state index contributed by atoms with van der Waals surface area (Å²) >= 11 is 0. The highest BCUT2D eigenvalue weighted by atomic mass is 19.1. The molecule has 0 aliphatic heterocycles. The maximum Gasteiger partial charge on any atom is 0.341 e. The number of rotatable bonds is 3. The first-order valence-corrected chi connectivity index (χ1v) is 6.50. The van der Waals surface area contributed by atoms with Crippen LogP contribution in [0.25, 0.3) is 11.0 Å². The maximum atomic E-state index is 13.8. The first-order chi connectivity index (χ1) is 9.52. The summed E-state index contributed by atoms with van der Waals surface area (Å²) in [5, 5.41) is 9.13. The van der Waals surface area contributed by atoms with Crippen LogP contribution in [0.3, 0.4) is 0 Å². The van der Waals surface area contributed by atoms with E-state index in [1.807, 2.05) is 0 Å². The van der Waals surface area contributed by atoms with E-state index in [-0.39, 0.29) is 22.7 Å². The largest absolute Gasteiger partial charge is 0.477 e. The standard InChI is InChI=1S/C14H13FN2O3/c1-2-11-10(15)5-8-12(18)9(14(19)20)6-17(7-3-4-7)13(8)16-11/h5-7H,2-4H2,1H3,(H,19,20). The molecule has 0 atom stereocenters. The van der Waals surface area contributed by atoms with Crippen LogP contribution >= 0.6 is 0 Å². The van der Waals surface area contributed by atoms with E-state index in [0.717, 1.165) is 18.9 Å². The van der Waals surface area contributed by atoms with Crippen LogP contribution in [-0.4, -0.2) is 20.6 Å². The second-order valence-corrected chi connectivity index (χ2v) is 4.96. The van der Waals surface area contributed by atoms with Gasteiger partial charge in [-0.3, -0.25) is 4.79 Å². The highest BCUT2D eigenvalue weighted by molar-refractivity contribution is 5.91. The predicted molar refractivity (Wildman–Crippen MR) is 70.6 cm³/mol. The van der Waals surface area contributed by atoms with Crippen LogP contribution in [0, 0.1) is 5.82 Å². The Hall–Kier alpha value is -2.24. The van der Waals surface area contributed by atoms with Crippen molar-refractivity contribution in [2.75, 3.05) is 0 Å². The van der Waals surface area contributed by atoms with Crippen LogP contribution in [0.2, 0.25) is 0 Å². The quantitative estimate of drug-likeness (QED) is 0.932. The van der Waals surface area contributed by atoms with Gasteiger partial charge in [0.05, 0.1) is 11.1 Å². The lowest BCUT2D eigenvalue weighted by atomic mass is 10.1. The Morgan fingerprint density at radius 2 is 2.25 bits per heavy atom. The molecular weight excluding hydrogens is 263 g/mol. The molecule has 0 aromatic carbocycles. The highest BCUT2D eigenvalue weighted by Crippen LogP contribution is 2.36. The second-order valence-electron chi connectivity index (χ2n) is 4.96. The minimum Gasteiger partial charge on any atom is -0.477 e. The number of nitrogens with zero attached hydrogens (tertiary/aromatic N) is 2. The minimum absolute atomic E-state index is 0.0338. The van der Waals surface area contributed by atoms with Gasteiger partial charge >= 0.3 is 5.97 Å². The molecule has 2 aromatic rings. The average Bonchev–Trinajstić information content (AvgIpc) is 3.23. The summed E-state index contributed by atoms with van der Waals surface area (Å²) in [4.78, 5) is 27.5. The van der Waals surface area contributed by atoms with Crippen molar-refractivity contribution in [3.8, 4) is 0 Å². The lowest BCUT2D eigenvalue weighted by Gasteiger charge is -2.11. The third kappa shape index (κ3) is 1.88. The Labute approximate surface area is 113 Å². The molecule has 1 fully saturated rings. The van der Waals surface area contributed by atoms with Crippen LogP contribution < -0.4 is 5.43 Å². The number of aromatic carboxylic acids is 1. The smallest absolute Gasteiger partial charge is 0.341 e. The number of carboxylic acid groups (broad SMARTS) is 1. The SMILES string of the molecule is CCc1nc2c(cc1F)c(=O)c(C(=O)O)cn2C1CC1. The number of halogens is 1. The van der Waals surface area contributed by atoms with Gasteiger partial charge in [0, 0.05) is 12.2 Å². The van der Waals surface area contributed by atoms with Gasteiger partial charge in [-0.1, -0.05) is 6.92 Å². The number of hydrogen-bond donors (Lipinski definition) is 1. The zero-order chi connectivity index (χ0) is 14.4. The molecule has 6 heteroatoms. The Morgan fingerprint density at radius 1 is 1.55 bits per heavy atom. The fourth-order valence-corrected chi connectivity index (χ4v) is 2.32. The molecule has 0 saturated heterocycles. The minimum atomic E-state index is -1.30. The van der Waals surface area contributed by atoms with Gasteiger partial charge in [0.25, 0.3) is 0 Å². The van der Waals surface area contributed by atoms with E-state index in [9.17, 15) is 14.0 Å². The molecule has 1 aliphatic carbocycles. The predicted octanol–water partition coefficient (Wildman–Crippen LogP) is 2.13. The number of fused-ring (bicyclic) bond motifs is 1. The van der Waals surface area contributed by atoms with E-state index in [2.05, 4.69) is 4.98 Å². The Morgan fingerprint density at radius 3 is 2.80 bits per heavy atom. The summed E-state index contributed by atoms with van der Waals surface area (Å²) < 4.78 is 15.5. The summed E-state index contributed by atoms with van der Waals surface area (Å²) in [6.07, 6.45) is 3.57. The molecule has 5 nitrogen and oxygen atoms in total. The van der Waals surface area contributed by atoms with Gasteiger partial charge < -0.3 is 9.67 Å². The average molecular weight is 276 g/mol. The maximum absolute atomic E-state index is 13.8. The summed E-state index contributed by atoms with van der Waals surface area (Å²) in [6, 6.07) is 1.26. The van der Waals surface area contributed by atoms with E-state index < -0.39 is 17.2 Å². The van der Waals surface area contributed by atoms with Gasteiger partial charge in [-0.25, -0.2) is 14.2 Å². The molecule has 1 N–H and O–H groups in total. The fraction of sp³-hybridized carbons (Fsp3) is 0.357. The van der Waals surface area contributed by atoms with Crippen LogP contribution in [0.15, 0.2) is 17.1 Å². The van der Waals surface area contributed by atoms with Gasteiger partial charge in [-0.05, 0) is 25.3 Å². The number of hydrogen-bond acceptors (Lipinski definition) is 3. The first-order valence-electron chi connectivity index (χ1n) is 6.50. The van der Waals surface area contributed by atoms with Crippen molar-refractivity contribution in [1.29, 1.82) is 0 Å². The van der Waals surface area contributed by atoms with Gasteiger partial charge in [0.2, 0.25) is 5.43 Å². The Kier molecular flexibility index (Phi) is 2.81. The lowest BCUT2D eigenvalue weighted by molar-refractivity contribution is 0.0695. The fourth-order valence-electron chi connectivity index (χ4n) is 2.32. The molecule has 0 radical (unpaired) electrons. The zero-order valence-corrected chi connectivity index (χ0v) is 10.9. The molecule has 2 aromatic heterocycles. The van der Waals surface area contributed by atoms with Gasteiger partial charge in [0.1, 0.15) is 17.0 Å². The lowest BCUT2D eigenvalue weighted by Crippen LogP contribution is -2.20. The van der Waals surface area contributed by atoms with E-state index in [1.165, 1.54) is 6.20 Å². The van der Waals surface area contributed by atoms with E-state index in [4.69, 9.17) is 5.11 Å². The van der Waals surface area contributed by atoms with Gasteiger partial charge in [0.15, 0.2) is 0 Å². The van der Waals surface area contributed by atoms with E-state index in [1.54, 1.807) is 11.5 Å². The molecule has 0 amide bonds. The van der Waals surface area contributed by atoms with Crippen molar-refractivity contribution in [1.82, 2.24) is 9.55 Å². The van der Waals surface area contributed by atoms with Crippen molar-refractivity contribution in [3.63, 3.8) is 0 Å². The normalized spacial score (nSPS) is 14.7. The number of pyridine rings is 2. The molecule has 2 heterocycles. The van der Waals surface area contributed by atoms with E-state index >= 15 is 0 Å². The number of aryl methyl sites for hydroxylation is 1. The third-order valence-corrected chi connectivity index (χ3v) is 3.54. The number of aromatic nitrogens is 2. The highest BCUT2D eigenvalue weighted by Gasteiger charge is 2.27. The molecule has 1 saturated carbocycles. The van der Waals surface area contributed by atoms with Gasteiger partial charge in [-0.2, -0.15) is 0 Å². The van der Waals surface area contributed by atoms with Crippen molar-refractivity contribution < 1.29 is 14.3 Å². The van der Waals surface area contributed by atoms with Crippen LogP contribution in [0.4, 0.5) is 4.39 Å². The Bertz CT molecular complexity index is 778. The molecule has 0 spiro atoms. The van der Waals surface area contributed by atoms with Crippen molar-refractivity contribution in [2.45, 2.75) is 32.2 Å². The Balaban J connectivity index is 2.42. The topological polar surface area (TPSA) is 72.2 Å². The second kappa shape index (κ2) is 4.40. The first kappa shape index (κ1) is 12.8. The number of carboxylic acids is 1. The van der Waals surface area contributed by atoms with Crippen molar-refractivity contribution >= 4 is 17.0 Å². The summed E-state index contributed by atoms with van der Waals surface area (Å²) in [7, 11) is 0. The van der Waals surface area contributed by atoms with Crippen LogP contribution in [-0.2, 0) is 6.42 Å². The van der Waals surface area contributed by atoms with Crippen molar-refractivity contribution in [2.24, 2.45) is 0 Å². The molecule has 3 rings (SSSR count). The molecule has 0 unspecified atom stereocenters. The van der Waals surface area contributed by atoms with Gasteiger partial charge in [-0.15, -0.1) is 0 Å². The molecular formula is C14H13FN2O3. The van der Waals surface area contributed by atoms with E-state index in [0.29, 0.717) is 12.1 Å². The number of carbonyl (C=O) groups is 1. The molecule has 20 heavy (non-hydrogen) atoms. The van der Waals surface area contributed by atoms with Crippen molar-refractivity contribution in [3.05, 3.63) is 39.6 Å². The summed E-state index contributed by atoms with van der Waals surface area (Å²) in [6.45, 7) is 1.78. The summed E-state index contributed by atoms with van der Waals surface area (Å²) in [5.74, 6) is -1.87. The third-order valence-electron chi connectivity index (χ3n) is 3.54. The zero-order valence-electron chi connectivity index (χ0n) is 10.9. The monoisotopic (exact) mass is 276 g/mol. The summed E-state index contributed by atoms with van der Waals surface area (Å²) in [5.41, 5.74) is -0.358. The molecule has 104 valence electrons.